The number of hydrogen-bond acceptors (Lipinski definition) is 0. The number of rotatable bonds is 6. The molecule has 0 heterocycles. The van der Waals surface area contributed by atoms with Crippen molar-refractivity contribution in [3.8, 4) is 22.3 Å². The van der Waals surface area contributed by atoms with E-state index in [0.29, 0.717) is 0 Å². The summed E-state index contributed by atoms with van der Waals surface area (Å²) in [6.07, 6.45) is 12.2. The zero-order valence-electron chi connectivity index (χ0n) is 35.4. The van der Waals surface area contributed by atoms with Crippen LogP contribution in [-0.2, 0) is 47.9 Å². The molecular weight excluding hydrogens is 823 g/mol. The van der Waals surface area contributed by atoms with Crippen LogP contribution in [0.4, 0.5) is 0 Å². The Hall–Kier alpha value is -4.00. The van der Waals surface area contributed by atoms with E-state index in [-0.39, 0.29) is 35.6 Å². The van der Waals surface area contributed by atoms with Crippen LogP contribution in [-0.4, -0.2) is 3.21 Å². The maximum absolute atomic E-state index is 2.99. The molecule has 0 aliphatic heterocycles. The molecule has 0 saturated carbocycles. The zero-order valence-corrected chi connectivity index (χ0v) is 39.4. The van der Waals surface area contributed by atoms with Gasteiger partial charge in [-0.2, -0.15) is 6.08 Å². The summed E-state index contributed by atoms with van der Waals surface area (Å²) < 4.78 is 1.60. The molecule has 0 spiro atoms. The van der Waals surface area contributed by atoms with Crippen LogP contribution in [0.1, 0.15) is 81.3 Å². The normalized spacial score (nSPS) is 11.9. The number of hydrogen-bond donors (Lipinski definition) is 0. The van der Waals surface area contributed by atoms with Gasteiger partial charge in [0.15, 0.2) is 0 Å². The van der Waals surface area contributed by atoms with Crippen molar-refractivity contribution in [2.45, 2.75) is 85.5 Å². The Balaban J connectivity index is 0.000000268. The van der Waals surface area contributed by atoms with E-state index >= 15 is 0 Å². The molecule has 1 aliphatic rings. The molecule has 3 heteroatoms. The van der Waals surface area contributed by atoms with Crippen LogP contribution in [0.5, 0.6) is 0 Å². The van der Waals surface area contributed by atoms with Gasteiger partial charge in [-0.25, -0.2) is 12.2 Å². The molecule has 7 aromatic carbocycles. The fraction of sp³-hybridized carbons (Fsp3) is 0.236. The molecule has 0 bridgehead atoms. The minimum atomic E-state index is 0. The third kappa shape index (κ3) is 11.8. The third-order valence-electron chi connectivity index (χ3n) is 10.6. The number of allylic oxidation sites excluding steroid dienone is 4. The van der Waals surface area contributed by atoms with Gasteiger partial charge in [-0.3, -0.25) is 6.08 Å². The fourth-order valence-electron chi connectivity index (χ4n) is 7.63. The van der Waals surface area contributed by atoms with Crippen molar-refractivity contribution in [2.24, 2.45) is 0 Å². The summed E-state index contributed by atoms with van der Waals surface area (Å²) in [5.74, 6) is 0. The van der Waals surface area contributed by atoms with Crippen molar-refractivity contribution < 1.29 is 49.0 Å². The summed E-state index contributed by atoms with van der Waals surface area (Å²) in [5.41, 5.74) is 13.8. The molecule has 0 aromatic heterocycles. The van der Waals surface area contributed by atoms with Gasteiger partial charge in [0.05, 0.1) is 0 Å². The Kier molecular flexibility index (Phi) is 16.7. The first-order valence-electron chi connectivity index (χ1n) is 20.0. The molecule has 0 radical (unpaired) electrons. The van der Waals surface area contributed by atoms with E-state index in [1.54, 1.807) is 27.4 Å². The van der Waals surface area contributed by atoms with Crippen LogP contribution in [0, 0.1) is 19.9 Å². The molecule has 1 aliphatic carbocycles. The van der Waals surface area contributed by atoms with Crippen molar-refractivity contribution in [2.75, 3.05) is 0 Å². The van der Waals surface area contributed by atoms with Crippen molar-refractivity contribution >= 4 is 24.8 Å². The van der Waals surface area contributed by atoms with Gasteiger partial charge in [0.2, 0.25) is 0 Å². The minimum absolute atomic E-state index is 0. The number of benzene rings is 6. The Bertz CT molecular complexity index is 2320. The zero-order chi connectivity index (χ0) is 39.9. The van der Waals surface area contributed by atoms with E-state index in [2.05, 4.69) is 207 Å². The van der Waals surface area contributed by atoms with E-state index in [1.165, 1.54) is 77.2 Å². The van der Waals surface area contributed by atoms with E-state index in [9.17, 15) is 0 Å². The third-order valence-corrected chi connectivity index (χ3v) is 11.4. The predicted molar refractivity (Wildman–Crippen MR) is 242 cm³/mol. The second kappa shape index (κ2) is 20.8. The molecule has 0 nitrogen and oxygen atoms in total. The van der Waals surface area contributed by atoms with Crippen molar-refractivity contribution in [3.05, 3.63) is 197 Å². The van der Waals surface area contributed by atoms with E-state index < -0.39 is 0 Å². The molecule has 0 atom stereocenters. The Morgan fingerprint density at radius 3 is 1.28 bits per heavy atom. The van der Waals surface area contributed by atoms with Gasteiger partial charge in [0, 0.05) is 0 Å². The van der Waals surface area contributed by atoms with Crippen LogP contribution in [0.3, 0.4) is 0 Å². The van der Waals surface area contributed by atoms with Crippen LogP contribution in [0.15, 0.2) is 158 Å². The van der Waals surface area contributed by atoms with Crippen LogP contribution >= 0.6 is 0 Å². The predicted octanol–water partition coefficient (Wildman–Crippen LogP) is 8.76. The van der Waals surface area contributed by atoms with Gasteiger partial charge in [0.25, 0.3) is 0 Å². The van der Waals surface area contributed by atoms with Gasteiger partial charge >= 0.3 is 112 Å². The second-order valence-electron chi connectivity index (χ2n) is 17.2. The summed E-state index contributed by atoms with van der Waals surface area (Å²) in [6, 6.07) is 51.2. The number of fused-ring (bicyclic) bond motifs is 3. The average molecular weight is 879 g/mol. The Labute approximate surface area is 376 Å². The topological polar surface area (TPSA) is 0 Å². The van der Waals surface area contributed by atoms with Crippen LogP contribution in [0.2, 0.25) is 0 Å². The summed E-state index contributed by atoms with van der Waals surface area (Å²) in [6.45, 7) is 18.4. The van der Waals surface area contributed by atoms with E-state index in [1.807, 2.05) is 12.2 Å². The fourth-order valence-corrected chi connectivity index (χ4v) is 8.63. The Morgan fingerprint density at radius 2 is 0.948 bits per heavy atom. The second-order valence-corrected chi connectivity index (χ2v) is 18.9. The van der Waals surface area contributed by atoms with Gasteiger partial charge in [0.1, 0.15) is 0 Å². The molecule has 7 aromatic rings. The Morgan fingerprint density at radius 1 is 0.552 bits per heavy atom. The summed E-state index contributed by atoms with van der Waals surface area (Å²) >= 11 is 1.55. The van der Waals surface area contributed by atoms with Gasteiger partial charge in [-0.15, -0.1) is 46.2 Å². The van der Waals surface area contributed by atoms with Gasteiger partial charge in [-0.05, 0) is 69.2 Å². The first-order chi connectivity index (χ1) is 26.8. The standard InChI is InChI=1S/C35H37.C15H14.C5H5.2ClH.Zr/c1-22-13-9-11-15-26(22)30-18-24-17-25-19-31(27-16-12-10-14-23(27)2)33(35(6,7)8)21-29(25)28(24)20-32(30)34(3,4)5;1-3-8-14(9-4-1)12-7-13-15-10-5-2-6-11-15;1-2-4-5-3-1;;;/h9-21H,1-8H3;1-6,8-11H,12-13H2;1-3H,4H2;2*1H;/q-1;;-1;;;+2/p-2. The maximum atomic E-state index is 2.99. The van der Waals surface area contributed by atoms with Gasteiger partial charge in [-0.1, -0.05) is 102 Å². The monoisotopic (exact) mass is 876 g/mol. The summed E-state index contributed by atoms with van der Waals surface area (Å²) in [5, 5.41) is 5.38. The first kappa shape index (κ1) is 46.7. The van der Waals surface area contributed by atoms with Crippen LogP contribution < -0.4 is 24.8 Å². The van der Waals surface area contributed by atoms with Crippen molar-refractivity contribution in [1.82, 2.24) is 0 Å². The van der Waals surface area contributed by atoms with Crippen molar-refractivity contribution in [1.29, 1.82) is 0 Å². The van der Waals surface area contributed by atoms with E-state index in [4.69, 9.17) is 0 Å². The molecule has 296 valence electrons. The molecular formula is C55H56Cl2Zr-2. The molecule has 8 rings (SSSR count). The SMILES string of the molecule is Cc1ccccc1-c1cc2[cH-]c3cc(-c4ccccc4C)c(C(C)(C)C)cc3c2cc1C(C)(C)C.[C-]1=CC=CC1.[Cl-].[Cl-].[Zr+2]=[C](Cc1ccccc1)Cc1ccccc1. The molecule has 0 amide bonds. The summed E-state index contributed by atoms with van der Waals surface area (Å²) in [4.78, 5) is 0. The first-order valence-corrected chi connectivity index (χ1v) is 21.2. The van der Waals surface area contributed by atoms with Crippen LogP contribution in [0.25, 0.3) is 43.8 Å². The molecule has 58 heavy (non-hydrogen) atoms. The quantitative estimate of drug-likeness (QED) is 0.147. The molecule has 0 fully saturated rings. The van der Waals surface area contributed by atoms with Gasteiger partial charge < -0.3 is 24.8 Å². The van der Waals surface area contributed by atoms with E-state index in [0.717, 1.165) is 19.3 Å². The molecule has 0 unspecified atom stereocenters. The number of aryl methyl sites for hydroxylation is 2. The van der Waals surface area contributed by atoms with Crippen molar-refractivity contribution in [3.63, 3.8) is 0 Å². The average Bonchev–Trinajstić information content (AvgIpc) is 3.87. The summed E-state index contributed by atoms with van der Waals surface area (Å²) in [7, 11) is 0. The number of halogens is 2. The molecule has 0 N–H and O–H groups in total. The molecule has 0 saturated heterocycles.